The third kappa shape index (κ3) is 2.93. The van der Waals surface area contributed by atoms with E-state index in [1.54, 1.807) is 6.20 Å². The normalized spacial score (nSPS) is 10.3. The topological polar surface area (TPSA) is 66.5 Å². The molecule has 0 fully saturated rings. The van der Waals surface area contributed by atoms with E-state index < -0.39 is 0 Å². The molecule has 0 aromatic carbocycles. The van der Waals surface area contributed by atoms with Gasteiger partial charge in [0, 0.05) is 19.2 Å². The SMILES string of the molecule is Clc1cccnc1NCCCc1ncn[nH]1. The second kappa shape index (κ2) is 5.46. The average Bonchev–Trinajstić information content (AvgIpc) is 2.79. The van der Waals surface area contributed by atoms with Crippen molar-refractivity contribution in [3.05, 3.63) is 35.5 Å². The molecule has 0 bridgehead atoms. The molecule has 0 radical (unpaired) electrons. The molecule has 2 aromatic heterocycles. The number of aromatic amines is 1. The molecular formula is C10H12ClN5. The van der Waals surface area contributed by atoms with E-state index in [1.165, 1.54) is 6.33 Å². The minimum absolute atomic E-state index is 0.641. The highest BCUT2D eigenvalue weighted by molar-refractivity contribution is 6.32. The summed E-state index contributed by atoms with van der Waals surface area (Å²) in [7, 11) is 0. The van der Waals surface area contributed by atoms with Crippen LogP contribution >= 0.6 is 11.6 Å². The lowest BCUT2D eigenvalue weighted by Gasteiger charge is -2.05. The number of aromatic nitrogens is 4. The number of hydrogen-bond donors (Lipinski definition) is 2. The Morgan fingerprint density at radius 1 is 1.38 bits per heavy atom. The van der Waals surface area contributed by atoms with Crippen LogP contribution in [0.25, 0.3) is 0 Å². The summed E-state index contributed by atoms with van der Waals surface area (Å²) in [6.45, 7) is 0.803. The second-order valence-corrected chi connectivity index (χ2v) is 3.70. The number of rotatable bonds is 5. The van der Waals surface area contributed by atoms with E-state index in [1.807, 2.05) is 12.1 Å². The molecule has 2 aromatic rings. The fourth-order valence-electron chi connectivity index (χ4n) is 1.33. The molecular weight excluding hydrogens is 226 g/mol. The van der Waals surface area contributed by atoms with Crippen molar-refractivity contribution in [3.63, 3.8) is 0 Å². The van der Waals surface area contributed by atoms with Crippen molar-refractivity contribution < 1.29 is 0 Å². The Balaban J connectivity index is 1.74. The van der Waals surface area contributed by atoms with Gasteiger partial charge in [-0.2, -0.15) is 5.10 Å². The van der Waals surface area contributed by atoms with Gasteiger partial charge in [-0.3, -0.25) is 5.10 Å². The lowest BCUT2D eigenvalue weighted by atomic mass is 10.3. The summed E-state index contributed by atoms with van der Waals surface area (Å²) >= 11 is 5.95. The zero-order chi connectivity index (χ0) is 11.2. The van der Waals surface area contributed by atoms with E-state index in [9.17, 15) is 0 Å². The Kier molecular flexibility index (Phi) is 3.71. The van der Waals surface area contributed by atoms with E-state index in [2.05, 4.69) is 25.5 Å². The second-order valence-electron chi connectivity index (χ2n) is 3.30. The van der Waals surface area contributed by atoms with Crippen LogP contribution in [0, 0.1) is 0 Å². The van der Waals surface area contributed by atoms with Gasteiger partial charge < -0.3 is 5.32 Å². The first kappa shape index (κ1) is 10.9. The minimum atomic E-state index is 0.641. The van der Waals surface area contributed by atoms with Crippen molar-refractivity contribution in [2.24, 2.45) is 0 Å². The zero-order valence-electron chi connectivity index (χ0n) is 8.65. The molecule has 0 spiro atoms. The van der Waals surface area contributed by atoms with Crippen molar-refractivity contribution in [2.45, 2.75) is 12.8 Å². The maximum absolute atomic E-state index is 5.95. The highest BCUT2D eigenvalue weighted by Gasteiger charge is 1.99. The number of nitrogens with one attached hydrogen (secondary N) is 2. The van der Waals surface area contributed by atoms with Gasteiger partial charge in [0.1, 0.15) is 18.0 Å². The summed E-state index contributed by atoms with van der Waals surface area (Å²) in [5, 5.41) is 10.4. The Hall–Kier alpha value is -1.62. The zero-order valence-corrected chi connectivity index (χ0v) is 9.41. The molecule has 2 N–H and O–H groups in total. The molecule has 84 valence electrons. The molecule has 2 heterocycles. The Bertz CT molecular complexity index is 429. The summed E-state index contributed by atoms with van der Waals surface area (Å²) in [5.74, 6) is 1.62. The maximum atomic E-state index is 5.95. The van der Waals surface area contributed by atoms with E-state index in [-0.39, 0.29) is 0 Å². The number of hydrogen-bond acceptors (Lipinski definition) is 4. The van der Waals surface area contributed by atoms with Crippen molar-refractivity contribution in [1.82, 2.24) is 20.2 Å². The number of halogens is 1. The predicted molar refractivity (Wildman–Crippen MR) is 62.4 cm³/mol. The van der Waals surface area contributed by atoms with Gasteiger partial charge in [-0.15, -0.1) is 0 Å². The standard InChI is InChI=1S/C10H12ClN5/c11-8-3-1-5-12-10(8)13-6-2-4-9-14-7-15-16-9/h1,3,5,7H,2,4,6H2,(H,12,13)(H,14,15,16). The van der Waals surface area contributed by atoms with Crippen molar-refractivity contribution in [3.8, 4) is 0 Å². The average molecular weight is 238 g/mol. The summed E-state index contributed by atoms with van der Waals surface area (Å²) in [6, 6.07) is 3.62. The van der Waals surface area contributed by atoms with Crippen LogP contribution in [0.3, 0.4) is 0 Å². The van der Waals surface area contributed by atoms with Crippen LogP contribution in [0.1, 0.15) is 12.2 Å². The van der Waals surface area contributed by atoms with Gasteiger partial charge in [-0.05, 0) is 18.6 Å². The smallest absolute Gasteiger partial charge is 0.144 e. The number of pyridine rings is 1. The molecule has 0 amide bonds. The first-order chi connectivity index (χ1) is 7.86. The highest BCUT2D eigenvalue weighted by atomic mass is 35.5. The lowest BCUT2D eigenvalue weighted by molar-refractivity contribution is 0.803. The third-order valence-corrected chi connectivity index (χ3v) is 2.41. The van der Waals surface area contributed by atoms with E-state index in [0.29, 0.717) is 5.02 Å². The van der Waals surface area contributed by atoms with E-state index in [0.717, 1.165) is 31.0 Å². The fraction of sp³-hybridized carbons (Fsp3) is 0.300. The summed E-state index contributed by atoms with van der Waals surface area (Å²) in [5.41, 5.74) is 0. The molecule has 16 heavy (non-hydrogen) atoms. The third-order valence-electron chi connectivity index (χ3n) is 2.11. The van der Waals surface area contributed by atoms with Crippen LogP contribution in [0.2, 0.25) is 5.02 Å². The van der Waals surface area contributed by atoms with Crippen molar-refractivity contribution in [2.75, 3.05) is 11.9 Å². The quantitative estimate of drug-likeness (QED) is 0.780. The van der Waals surface area contributed by atoms with Crippen LogP contribution in [0.5, 0.6) is 0 Å². The van der Waals surface area contributed by atoms with E-state index >= 15 is 0 Å². The summed E-state index contributed by atoms with van der Waals surface area (Å²) in [4.78, 5) is 8.18. The highest BCUT2D eigenvalue weighted by Crippen LogP contribution is 2.16. The van der Waals surface area contributed by atoms with Crippen LogP contribution in [0.15, 0.2) is 24.7 Å². The first-order valence-corrected chi connectivity index (χ1v) is 5.42. The van der Waals surface area contributed by atoms with Crippen LogP contribution in [-0.4, -0.2) is 26.7 Å². The van der Waals surface area contributed by atoms with Crippen LogP contribution in [-0.2, 0) is 6.42 Å². The molecule has 0 atom stereocenters. The minimum Gasteiger partial charge on any atom is -0.369 e. The fourth-order valence-corrected chi connectivity index (χ4v) is 1.52. The largest absolute Gasteiger partial charge is 0.369 e. The molecule has 0 saturated heterocycles. The monoisotopic (exact) mass is 237 g/mol. The van der Waals surface area contributed by atoms with Gasteiger partial charge in [0.2, 0.25) is 0 Å². The molecule has 0 saturated carbocycles. The number of H-pyrrole nitrogens is 1. The molecule has 0 aliphatic rings. The van der Waals surface area contributed by atoms with Crippen LogP contribution < -0.4 is 5.32 Å². The van der Waals surface area contributed by atoms with Crippen molar-refractivity contribution >= 4 is 17.4 Å². The maximum Gasteiger partial charge on any atom is 0.144 e. The molecule has 0 unspecified atom stereocenters. The van der Waals surface area contributed by atoms with E-state index in [4.69, 9.17) is 11.6 Å². The van der Waals surface area contributed by atoms with Gasteiger partial charge >= 0.3 is 0 Å². The summed E-state index contributed by atoms with van der Waals surface area (Å²) < 4.78 is 0. The van der Waals surface area contributed by atoms with Gasteiger partial charge in [-0.25, -0.2) is 9.97 Å². The Morgan fingerprint density at radius 3 is 3.06 bits per heavy atom. The molecule has 5 nitrogen and oxygen atoms in total. The van der Waals surface area contributed by atoms with Gasteiger partial charge in [0.25, 0.3) is 0 Å². The van der Waals surface area contributed by atoms with Gasteiger partial charge in [0.05, 0.1) is 5.02 Å². The van der Waals surface area contributed by atoms with Crippen molar-refractivity contribution in [1.29, 1.82) is 0 Å². The van der Waals surface area contributed by atoms with Crippen LogP contribution in [0.4, 0.5) is 5.82 Å². The Labute approximate surface area is 98.3 Å². The van der Waals surface area contributed by atoms with Gasteiger partial charge in [-0.1, -0.05) is 11.6 Å². The number of aryl methyl sites for hydroxylation is 1. The number of nitrogens with zero attached hydrogens (tertiary/aromatic N) is 3. The lowest BCUT2D eigenvalue weighted by Crippen LogP contribution is -2.05. The summed E-state index contributed by atoms with van der Waals surface area (Å²) in [6.07, 6.45) is 5.03. The van der Waals surface area contributed by atoms with Gasteiger partial charge in [0.15, 0.2) is 0 Å². The molecule has 0 aliphatic heterocycles. The Morgan fingerprint density at radius 2 is 2.31 bits per heavy atom. The molecule has 0 aliphatic carbocycles. The molecule has 2 rings (SSSR count). The predicted octanol–water partition coefficient (Wildman–Crippen LogP) is 1.90. The number of anilines is 1. The first-order valence-electron chi connectivity index (χ1n) is 5.05. The molecule has 6 heteroatoms.